The van der Waals surface area contributed by atoms with E-state index in [2.05, 4.69) is 67.8 Å². The Hall–Kier alpha value is -1.80. The van der Waals surface area contributed by atoms with Crippen LogP contribution in [0.2, 0.25) is 0 Å². The van der Waals surface area contributed by atoms with Gasteiger partial charge in [0.2, 0.25) is 5.91 Å². The Morgan fingerprint density at radius 3 is 1.29 bits per heavy atom. The molecule has 0 fully saturated rings. The van der Waals surface area contributed by atoms with Crippen LogP contribution in [0.15, 0.2) is 60.8 Å². The first kappa shape index (κ1) is 68.2. The Morgan fingerprint density at radius 2 is 0.871 bits per heavy atom. The van der Waals surface area contributed by atoms with Crippen molar-refractivity contribution in [1.82, 2.24) is 5.32 Å². The Bertz CT molecular complexity index is 1320. The molecule has 0 spiro atoms. The van der Waals surface area contributed by atoms with E-state index in [0.717, 1.165) is 57.8 Å². The van der Waals surface area contributed by atoms with E-state index >= 15 is 0 Å². The smallest absolute Gasteiger partial charge is 0.268 e. The largest absolute Gasteiger partial charge is 0.756 e. The van der Waals surface area contributed by atoms with Crippen LogP contribution >= 0.6 is 7.82 Å². The lowest BCUT2D eigenvalue weighted by Gasteiger charge is -2.29. The number of aliphatic hydroxyl groups is 1. The highest BCUT2D eigenvalue weighted by atomic mass is 31.2. The lowest BCUT2D eigenvalue weighted by atomic mass is 10.0. The molecular weight excluding hydrogens is 888 g/mol. The molecule has 9 heteroatoms. The van der Waals surface area contributed by atoms with Gasteiger partial charge in [0.25, 0.3) is 7.82 Å². The van der Waals surface area contributed by atoms with Crippen LogP contribution in [0.3, 0.4) is 0 Å². The molecule has 2 N–H and O–H groups in total. The van der Waals surface area contributed by atoms with E-state index in [-0.39, 0.29) is 12.5 Å². The number of allylic oxidation sites excluding steroid dienone is 9. The van der Waals surface area contributed by atoms with Gasteiger partial charge in [-0.05, 0) is 70.6 Å². The molecule has 3 atom stereocenters. The molecule has 410 valence electrons. The summed E-state index contributed by atoms with van der Waals surface area (Å²) in [5, 5.41) is 13.8. The molecular formula is C61H115N2O6P. The lowest BCUT2D eigenvalue weighted by molar-refractivity contribution is -0.870. The van der Waals surface area contributed by atoms with E-state index in [1.54, 1.807) is 6.08 Å². The molecule has 0 radical (unpaired) electrons. The normalized spacial score (nSPS) is 14.3. The van der Waals surface area contributed by atoms with Gasteiger partial charge in [0.05, 0.1) is 39.9 Å². The summed E-state index contributed by atoms with van der Waals surface area (Å²) in [6.07, 6.45) is 70.6. The molecule has 70 heavy (non-hydrogen) atoms. The summed E-state index contributed by atoms with van der Waals surface area (Å²) in [6.45, 7) is 4.55. The maximum absolute atomic E-state index is 12.9. The summed E-state index contributed by atoms with van der Waals surface area (Å²) in [5.74, 6) is -0.212. The Kier molecular flexibility index (Phi) is 50.7. The summed E-state index contributed by atoms with van der Waals surface area (Å²) >= 11 is 0. The van der Waals surface area contributed by atoms with Gasteiger partial charge in [-0.15, -0.1) is 0 Å². The molecule has 3 unspecified atom stereocenters. The summed E-state index contributed by atoms with van der Waals surface area (Å²) in [6, 6.07) is -0.909. The standard InChI is InChI=1S/C61H115N2O6P/c1-6-8-10-12-14-16-18-19-20-21-22-23-24-25-26-27-28-29-30-31-32-33-34-35-36-37-38-39-40-41-42-43-45-47-49-51-53-55-61(65)62-59(58-69-70(66,67)68-57-56-63(3,4)5)60(64)54-52-50-48-46-44-17-15-13-11-9-7-2/h11,13,26-27,29-30,44,46,52,54,59-60,64H,6-10,12,14-25,28,31-43,45,47-51,53,55-58H2,1-5H3,(H-,62,65,66,67)/b13-11+,27-26-,30-29-,46-44+,54-52+. The third-order valence-corrected chi connectivity index (χ3v) is 14.1. The fraction of sp³-hybridized carbons (Fsp3) is 0.820. The molecule has 0 aromatic rings. The number of nitrogens with zero attached hydrogens (tertiary/aromatic N) is 1. The van der Waals surface area contributed by atoms with Gasteiger partial charge in [-0.2, -0.15) is 0 Å². The highest BCUT2D eigenvalue weighted by molar-refractivity contribution is 7.45. The number of rotatable bonds is 54. The molecule has 8 nitrogen and oxygen atoms in total. The van der Waals surface area contributed by atoms with Crippen molar-refractivity contribution in [3.8, 4) is 0 Å². The van der Waals surface area contributed by atoms with E-state index in [9.17, 15) is 19.4 Å². The second-order valence-corrected chi connectivity index (χ2v) is 22.7. The average molecular weight is 1000 g/mol. The highest BCUT2D eigenvalue weighted by Crippen LogP contribution is 2.38. The van der Waals surface area contributed by atoms with E-state index in [1.165, 1.54) is 193 Å². The van der Waals surface area contributed by atoms with Gasteiger partial charge >= 0.3 is 0 Å². The van der Waals surface area contributed by atoms with E-state index in [4.69, 9.17) is 9.05 Å². The molecule has 0 saturated heterocycles. The van der Waals surface area contributed by atoms with Crippen LogP contribution in [0.5, 0.6) is 0 Å². The lowest BCUT2D eigenvalue weighted by Crippen LogP contribution is -2.45. The molecule has 0 aliphatic heterocycles. The Balaban J connectivity index is 3.92. The van der Waals surface area contributed by atoms with Crippen LogP contribution < -0.4 is 10.2 Å². The van der Waals surface area contributed by atoms with Crippen LogP contribution in [0, 0.1) is 0 Å². The molecule has 0 heterocycles. The number of carbonyl (C=O) groups excluding carboxylic acids is 1. The average Bonchev–Trinajstić information content (AvgIpc) is 3.32. The number of nitrogens with one attached hydrogen (secondary N) is 1. The van der Waals surface area contributed by atoms with Crippen LogP contribution in [0.4, 0.5) is 0 Å². The second kappa shape index (κ2) is 52.1. The van der Waals surface area contributed by atoms with Crippen LogP contribution in [0.1, 0.15) is 271 Å². The minimum absolute atomic E-state index is 0.0101. The van der Waals surface area contributed by atoms with Crippen molar-refractivity contribution < 1.29 is 32.9 Å². The number of likely N-dealkylation sites (N-methyl/N-ethyl adjacent to an activating group) is 1. The summed E-state index contributed by atoms with van der Waals surface area (Å²) in [4.78, 5) is 25.4. The summed E-state index contributed by atoms with van der Waals surface area (Å²) in [7, 11) is 1.23. The zero-order valence-corrected chi connectivity index (χ0v) is 47.6. The van der Waals surface area contributed by atoms with Gasteiger partial charge < -0.3 is 28.8 Å². The number of aliphatic hydroxyl groups excluding tert-OH is 1. The minimum Gasteiger partial charge on any atom is -0.756 e. The SMILES string of the molecule is CCC/C=C/CC/C=C/CC/C=C/C(O)C(COP(=O)([O-])OCC[N+](C)(C)C)NC(=O)CCCCCCCCCCCCCCCCCCC/C=C\C/C=C\CCCCCCCCCCCCCCC. The summed E-state index contributed by atoms with van der Waals surface area (Å²) in [5.41, 5.74) is 0. The predicted octanol–water partition coefficient (Wildman–Crippen LogP) is 17.5. The van der Waals surface area contributed by atoms with Gasteiger partial charge in [-0.1, -0.05) is 254 Å². The number of hydrogen-bond donors (Lipinski definition) is 2. The number of carbonyl (C=O) groups is 1. The number of unbranched alkanes of at least 4 members (excludes halogenated alkanes) is 33. The zero-order chi connectivity index (χ0) is 51.3. The fourth-order valence-corrected chi connectivity index (χ4v) is 9.24. The number of quaternary nitrogens is 1. The van der Waals surface area contributed by atoms with Crippen LogP contribution in [-0.4, -0.2) is 68.5 Å². The van der Waals surface area contributed by atoms with Gasteiger partial charge in [0.15, 0.2) is 0 Å². The van der Waals surface area contributed by atoms with E-state index in [1.807, 2.05) is 27.2 Å². The van der Waals surface area contributed by atoms with Gasteiger partial charge in [-0.3, -0.25) is 9.36 Å². The van der Waals surface area contributed by atoms with Crippen molar-refractivity contribution in [1.29, 1.82) is 0 Å². The third kappa shape index (κ3) is 54.0. The molecule has 0 aromatic heterocycles. The maximum atomic E-state index is 12.9. The van der Waals surface area contributed by atoms with Gasteiger partial charge in [0.1, 0.15) is 13.2 Å². The number of phosphoric ester groups is 1. The van der Waals surface area contributed by atoms with Crippen LogP contribution in [-0.2, 0) is 18.4 Å². The van der Waals surface area contributed by atoms with E-state index in [0.29, 0.717) is 17.4 Å². The first-order valence-corrected chi connectivity index (χ1v) is 31.1. The van der Waals surface area contributed by atoms with Crippen molar-refractivity contribution in [3.05, 3.63) is 60.8 Å². The van der Waals surface area contributed by atoms with Crippen molar-refractivity contribution in [3.63, 3.8) is 0 Å². The molecule has 0 rings (SSSR count). The Labute approximate surface area is 434 Å². The molecule has 1 amide bonds. The third-order valence-electron chi connectivity index (χ3n) is 13.2. The molecule has 0 aliphatic carbocycles. The second-order valence-electron chi connectivity index (χ2n) is 21.3. The maximum Gasteiger partial charge on any atom is 0.268 e. The fourth-order valence-electron chi connectivity index (χ4n) is 8.52. The Morgan fingerprint density at radius 1 is 0.500 bits per heavy atom. The summed E-state index contributed by atoms with van der Waals surface area (Å²) < 4.78 is 23.2. The predicted molar refractivity (Wildman–Crippen MR) is 302 cm³/mol. The van der Waals surface area contributed by atoms with Crippen molar-refractivity contribution >= 4 is 13.7 Å². The number of amides is 1. The minimum atomic E-state index is -4.60. The zero-order valence-electron chi connectivity index (χ0n) is 46.7. The number of phosphoric acid groups is 1. The first-order valence-electron chi connectivity index (χ1n) is 29.7. The van der Waals surface area contributed by atoms with Crippen molar-refractivity contribution in [2.75, 3.05) is 40.9 Å². The molecule has 0 aromatic carbocycles. The first-order chi connectivity index (χ1) is 34.0. The van der Waals surface area contributed by atoms with Crippen molar-refractivity contribution in [2.45, 2.75) is 283 Å². The molecule has 0 aliphatic rings. The van der Waals surface area contributed by atoms with Gasteiger partial charge in [-0.25, -0.2) is 0 Å². The molecule has 0 bridgehead atoms. The molecule has 0 saturated carbocycles. The monoisotopic (exact) mass is 1000 g/mol. The van der Waals surface area contributed by atoms with Crippen molar-refractivity contribution in [2.24, 2.45) is 0 Å². The number of hydrogen-bond acceptors (Lipinski definition) is 6. The van der Waals surface area contributed by atoms with E-state index < -0.39 is 26.6 Å². The topological polar surface area (TPSA) is 108 Å². The van der Waals surface area contributed by atoms with Gasteiger partial charge in [0, 0.05) is 6.42 Å². The highest BCUT2D eigenvalue weighted by Gasteiger charge is 2.23. The van der Waals surface area contributed by atoms with Crippen LogP contribution in [0.25, 0.3) is 0 Å². The quantitative estimate of drug-likeness (QED) is 0.0272.